The van der Waals surface area contributed by atoms with E-state index in [0.29, 0.717) is 35.6 Å². The van der Waals surface area contributed by atoms with Crippen LogP contribution in [0.4, 0.5) is 31.1 Å². The summed E-state index contributed by atoms with van der Waals surface area (Å²) in [6.45, 7) is 4.99. The lowest BCUT2D eigenvalue weighted by molar-refractivity contribution is -0.139. The summed E-state index contributed by atoms with van der Waals surface area (Å²) in [5, 5.41) is 10.2. The molecule has 2 aromatic carbocycles. The number of nitrogens with zero attached hydrogens (tertiary/aromatic N) is 2. The number of aromatic nitrogens is 1. The molecule has 4 rings (SSSR count). The van der Waals surface area contributed by atoms with Crippen molar-refractivity contribution in [2.75, 3.05) is 13.2 Å². The summed E-state index contributed by atoms with van der Waals surface area (Å²) in [5.41, 5.74) is -2.85. The van der Waals surface area contributed by atoms with Gasteiger partial charge in [-0.2, -0.15) is 26.3 Å². The number of rotatable bonds is 9. The van der Waals surface area contributed by atoms with Gasteiger partial charge in [0, 0.05) is 6.20 Å². The van der Waals surface area contributed by atoms with Gasteiger partial charge in [0.05, 0.1) is 29.2 Å². The van der Waals surface area contributed by atoms with E-state index >= 15 is 0 Å². The first-order valence-corrected chi connectivity index (χ1v) is 14.0. The van der Waals surface area contributed by atoms with E-state index in [4.69, 9.17) is 9.47 Å². The number of benzene rings is 2. The molecule has 1 N–H and O–H groups in total. The molecule has 228 valence electrons. The normalized spacial score (nSPS) is 18.8. The Hall–Kier alpha value is -3.32. The number of hydrogen-bond donors (Lipinski definition) is 1. The van der Waals surface area contributed by atoms with Crippen LogP contribution in [0.25, 0.3) is 10.4 Å². The Kier molecular flexibility index (Phi) is 8.85. The Morgan fingerprint density at radius 3 is 2.33 bits per heavy atom. The Morgan fingerprint density at radius 1 is 1.02 bits per heavy atom. The largest absolute Gasteiger partial charge is 0.493 e. The van der Waals surface area contributed by atoms with Crippen LogP contribution in [0, 0.1) is 0 Å². The lowest BCUT2D eigenvalue weighted by Gasteiger charge is -2.36. The van der Waals surface area contributed by atoms with Gasteiger partial charge in [0.2, 0.25) is 0 Å². The van der Waals surface area contributed by atoms with Crippen LogP contribution in [0.5, 0.6) is 5.75 Å². The van der Waals surface area contributed by atoms with Crippen molar-refractivity contribution >= 4 is 17.4 Å². The molecule has 6 nitrogen and oxygen atoms in total. The molecule has 0 bridgehead atoms. The highest BCUT2D eigenvalue weighted by Crippen LogP contribution is 2.45. The topological polar surface area (TPSA) is 71.9 Å². The van der Waals surface area contributed by atoms with Gasteiger partial charge in [-0.15, -0.1) is 11.3 Å². The molecule has 42 heavy (non-hydrogen) atoms. The van der Waals surface area contributed by atoms with Gasteiger partial charge in [-0.05, 0) is 87.9 Å². The monoisotopic (exact) mass is 616 g/mol. The van der Waals surface area contributed by atoms with Gasteiger partial charge >= 0.3 is 18.4 Å². The molecule has 0 radical (unpaired) electrons. The Balaban J connectivity index is 1.39. The molecule has 1 fully saturated rings. The summed E-state index contributed by atoms with van der Waals surface area (Å²) in [6.07, 6.45) is -6.57. The predicted octanol–water partition coefficient (Wildman–Crippen LogP) is 8.60. The van der Waals surface area contributed by atoms with Gasteiger partial charge in [0.15, 0.2) is 0 Å². The average Bonchev–Trinajstić information content (AvgIpc) is 3.48. The van der Waals surface area contributed by atoms with Crippen LogP contribution >= 0.6 is 11.3 Å². The van der Waals surface area contributed by atoms with Gasteiger partial charge in [-0.25, -0.2) is 9.78 Å². The van der Waals surface area contributed by atoms with E-state index in [2.05, 4.69) is 4.98 Å². The minimum Gasteiger partial charge on any atom is -0.493 e. The maximum absolute atomic E-state index is 14.0. The van der Waals surface area contributed by atoms with E-state index in [9.17, 15) is 36.2 Å². The molecule has 13 heteroatoms. The summed E-state index contributed by atoms with van der Waals surface area (Å²) in [7, 11) is 0. The minimum absolute atomic E-state index is 0.0410. The molecular weight excluding hydrogens is 586 g/mol. The summed E-state index contributed by atoms with van der Waals surface area (Å²) in [5.74, 6) is -0.311. The molecule has 1 saturated heterocycles. The van der Waals surface area contributed by atoms with Crippen molar-refractivity contribution in [1.82, 2.24) is 9.88 Å². The lowest BCUT2D eigenvalue weighted by Crippen LogP contribution is -2.51. The van der Waals surface area contributed by atoms with Crippen molar-refractivity contribution in [3.8, 4) is 16.2 Å². The second-order valence-corrected chi connectivity index (χ2v) is 11.8. The number of alkyl halides is 6. The Labute approximate surface area is 242 Å². The number of hydrogen-bond acceptors (Lipinski definition) is 5. The fourth-order valence-corrected chi connectivity index (χ4v) is 6.01. The zero-order valence-electron chi connectivity index (χ0n) is 23.1. The second kappa shape index (κ2) is 11.8. The molecule has 1 unspecified atom stereocenters. The number of halogens is 6. The van der Waals surface area contributed by atoms with Crippen LogP contribution in [0.15, 0.2) is 48.7 Å². The summed E-state index contributed by atoms with van der Waals surface area (Å²) < 4.78 is 91.1. The highest BCUT2D eigenvalue weighted by Gasteiger charge is 2.54. The number of aryl methyl sites for hydroxylation is 1. The standard InChI is InChI=1S/C29H30F6N2O4S/c1-26(2)37(25(38)39)27(3,17-41-26)24-36-16-23(42-24)19-10-13-22(21(15-19)29(33,34)35)40-14-6-4-5-7-18-8-11-20(12-9-18)28(30,31)32/h8-13,15-16H,4-7,14,17H2,1-3H3,(H,38,39). The average molecular weight is 617 g/mol. The number of carbonyl (C=O) groups is 1. The summed E-state index contributed by atoms with van der Waals surface area (Å²) in [4.78, 5) is 17.9. The number of amides is 1. The smallest absolute Gasteiger partial charge is 0.419 e. The van der Waals surface area contributed by atoms with Gasteiger partial charge in [0.1, 0.15) is 22.0 Å². The highest BCUT2D eigenvalue weighted by atomic mass is 32.1. The van der Waals surface area contributed by atoms with Crippen LogP contribution in [-0.2, 0) is 29.0 Å². The number of ether oxygens (including phenoxy) is 2. The number of thiazole rings is 1. The molecular formula is C29H30F6N2O4S. The zero-order chi connectivity index (χ0) is 30.9. The molecule has 0 spiro atoms. The molecule has 1 aromatic heterocycles. The molecule has 2 heterocycles. The van der Waals surface area contributed by atoms with E-state index < -0.39 is 40.8 Å². The maximum atomic E-state index is 14.0. The SMILES string of the molecule is CC1(C)OCC(C)(c2ncc(-c3ccc(OCCCCCc4ccc(C(F)(F)F)cc4)c(C(F)(F)F)c3)s2)N1C(=O)O. The van der Waals surface area contributed by atoms with Gasteiger partial charge < -0.3 is 14.6 Å². The predicted molar refractivity (Wildman–Crippen MR) is 144 cm³/mol. The molecule has 1 atom stereocenters. The molecule has 1 amide bonds. The van der Waals surface area contributed by atoms with Crippen molar-refractivity contribution in [2.24, 2.45) is 0 Å². The van der Waals surface area contributed by atoms with E-state index in [-0.39, 0.29) is 24.5 Å². The number of carboxylic acid groups (broad SMARTS) is 1. The number of unbranched alkanes of at least 4 members (excludes halogenated alkanes) is 2. The first kappa shape index (κ1) is 31.6. The molecule has 0 aliphatic carbocycles. The third-order valence-electron chi connectivity index (χ3n) is 7.11. The fraction of sp³-hybridized carbons (Fsp3) is 0.448. The Morgan fingerprint density at radius 2 is 1.71 bits per heavy atom. The van der Waals surface area contributed by atoms with Crippen LogP contribution in [0.1, 0.15) is 61.7 Å². The van der Waals surface area contributed by atoms with Gasteiger partial charge in [-0.1, -0.05) is 12.1 Å². The summed E-state index contributed by atoms with van der Waals surface area (Å²) in [6, 6.07) is 8.65. The van der Waals surface area contributed by atoms with Gasteiger partial charge in [0.25, 0.3) is 0 Å². The maximum Gasteiger partial charge on any atom is 0.419 e. The van der Waals surface area contributed by atoms with Gasteiger partial charge in [-0.3, -0.25) is 4.90 Å². The van der Waals surface area contributed by atoms with Crippen LogP contribution in [0.2, 0.25) is 0 Å². The van der Waals surface area contributed by atoms with Crippen molar-refractivity contribution in [2.45, 2.75) is 70.1 Å². The second-order valence-electron chi connectivity index (χ2n) is 10.7. The van der Waals surface area contributed by atoms with Crippen molar-refractivity contribution in [1.29, 1.82) is 0 Å². The van der Waals surface area contributed by atoms with Crippen LogP contribution in [-0.4, -0.2) is 40.0 Å². The first-order valence-electron chi connectivity index (χ1n) is 13.2. The molecule has 1 aliphatic heterocycles. The Bertz CT molecular complexity index is 1400. The first-order chi connectivity index (χ1) is 19.5. The van der Waals surface area contributed by atoms with E-state index in [1.807, 2.05) is 0 Å². The molecule has 0 saturated carbocycles. The van der Waals surface area contributed by atoms with E-state index in [0.717, 1.165) is 40.0 Å². The van der Waals surface area contributed by atoms with Crippen LogP contribution in [0.3, 0.4) is 0 Å². The molecule has 1 aliphatic rings. The zero-order valence-corrected chi connectivity index (χ0v) is 23.9. The van der Waals surface area contributed by atoms with Crippen molar-refractivity contribution < 1.29 is 45.7 Å². The minimum atomic E-state index is -4.68. The van der Waals surface area contributed by atoms with Crippen LogP contribution < -0.4 is 4.74 Å². The quantitative estimate of drug-likeness (QED) is 0.193. The van der Waals surface area contributed by atoms with E-state index in [1.54, 1.807) is 20.8 Å². The molecule has 3 aromatic rings. The third kappa shape index (κ3) is 6.83. The van der Waals surface area contributed by atoms with Crippen molar-refractivity contribution in [3.05, 3.63) is 70.4 Å². The fourth-order valence-electron chi connectivity index (χ4n) is 4.98. The van der Waals surface area contributed by atoms with Crippen molar-refractivity contribution in [3.63, 3.8) is 0 Å². The van der Waals surface area contributed by atoms with E-state index in [1.165, 1.54) is 30.5 Å². The lowest BCUT2D eigenvalue weighted by atomic mass is 10.0. The summed E-state index contributed by atoms with van der Waals surface area (Å²) >= 11 is 1.10. The third-order valence-corrected chi connectivity index (χ3v) is 8.41. The highest BCUT2D eigenvalue weighted by molar-refractivity contribution is 7.15.